The van der Waals surface area contributed by atoms with Gasteiger partial charge in [0.15, 0.2) is 0 Å². The summed E-state index contributed by atoms with van der Waals surface area (Å²) in [7, 11) is 1.88. The molecule has 16 heavy (non-hydrogen) atoms. The van der Waals surface area contributed by atoms with E-state index in [1.54, 1.807) is 4.68 Å². The molecule has 1 aromatic rings. The van der Waals surface area contributed by atoms with Crippen LogP contribution >= 0.6 is 0 Å². The summed E-state index contributed by atoms with van der Waals surface area (Å²) < 4.78 is 1.75. The van der Waals surface area contributed by atoms with Crippen LogP contribution in [0.4, 0.5) is 4.79 Å². The molecule has 5 heteroatoms. The number of aryl methyl sites for hydroxylation is 1. The number of urea groups is 1. The lowest BCUT2D eigenvalue weighted by Gasteiger charge is -2.20. The van der Waals surface area contributed by atoms with E-state index in [0.29, 0.717) is 6.54 Å². The molecule has 0 bridgehead atoms. The van der Waals surface area contributed by atoms with Crippen LogP contribution in [0.3, 0.4) is 0 Å². The molecule has 1 heterocycles. The highest BCUT2D eigenvalue weighted by molar-refractivity contribution is 5.74. The van der Waals surface area contributed by atoms with Gasteiger partial charge in [-0.2, -0.15) is 5.10 Å². The van der Waals surface area contributed by atoms with Crippen LogP contribution in [0.25, 0.3) is 0 Å². The van der Waals surface area contributed by atoms with Crippen LogP contribution in [-0.4, -0.2) is 27.9 Å². The van der Waals surface area contributed by atoms with Gasteiger partial charge in [-0.1, -0.05) is 0 Å². The number of carbonyl (C=O) groups excluding carboxylic acids is 1. The van der Waals surface area contributed by atoms with Gasteiger partial charge in [-0.3, -0.25) is 4.68 Å². The molecule has 0 saturated carbocycles. The zero-order chi connectivity index (χ0) is 12.2. The lowest BCUT2D eigenvalue weighted by Crippen LogP contribution is -2.46. The van der Waals surface area contributed by atoms with E-state index in [1.165, 1.54) is 0 Å². The van der Waals surface area contributed by atoms with E-state index in [0.717, 1.165) is 12.0 Å². The van der Waals surface area contributed by atoms with Crippen molar-refractivity contribution in [2.45, 2.75) is 32.7 Å². The third-order valence-corrected chi connectivity index (χ3v) is 1.95. The number of hydrogen-bond donors (Lipinski definition) is 2. The molecular weight excluding hydrogens is 204 g/mol. The van der Waals surface area contributed by atoms with Crippen LogP contribution in [0, 0.1) is 0 Å². The molecule has 0 spiro atoms. The van der Waals surface area contributed by atoms with E-state index in [4.69, 9.17) is 0 Å². The fraction of sp³-hybridized carbons (Fsp3) is 0.636. The zero-order valence-electron chi connectivity index (χ0n) is 10.4. The highest BCUT2D eigenvalue weighted by Crippen LogP contribution is 1.98. The van der Waals surface area contributed by atoms with Crippen molar-refractivity contribution in [3.63, 3.8) is 0 Å². The number of rotatable bonds is 3. The Bertz CT molecular complexity index is 351. The molecule has 0 unspecified atom stereocenters. The van der Waals surface area contributed by atoms with Crippen LogP contribution in [0.15, 0.2) is 12.4 Å². The first-order chi connectivity index (χ1) is 7.37. The SMILES string of the molecule is Cn1cc(CCNC(=O)NC(C)(C)C)cn1. The molecule has 0 aliphatic carbocycles. The zero-order valence-corrected chi connectivity index (χ0v) is 10.4. The van der Waals surface area contributed by atoms with Gasteiger partial charge in [-0.05, 0) is 32.8 Å². The third kappa shape index (κ3) is 4.82. The van der Waals surface area contributed by atoms with Gasteiger partial charge in [0, 0.05) is 25.3 Å². The van der Waals surface area contributed by atoms with Gasteiger partial charge < -0.3 is 10.6 Å². The Balaban J connectivity index is 2.23. The van der Waals surface area contributed by atoms with E-state index >= 15 is 0 Å². The fourth-order valence-electron chi connectivity index (χ4n) is 1.31. The number of nitrogens with zero attached hydrogens (tertiary/aromatic N) is 2. The molecule has 0 aromatic carbocycles. The van der Waals surface area contributed by atoms with Gasteiger partial charge in [0.1, 0.15) is 0 Å². The summed E-state index contributed by atoms with van der Waals surface area (Å²) in [6.45, 7) is 6.47. The van der Waals surface area contributed by atoms with Gasteiger partial charge in [0.25, 0.3) is 0 Å². The first-order valence-corrected chi connectivity index (χ1v) is 5.40. The number of hydrogen-bond acceptors (Lipinski definition) is 2. The molecule has 90 valence electrons. The predicted molar refractivity (Wildman–Crippen MR) is 63.2 cm³/mol. The lowest BCUT2D eigenvalue weighted by molar-refractivity contribution is 0.232. The first kappa shape index (κ1) is 12.5. The Morgan fingerprint density at radius 1 is 1.50 bits per heavy atom. The third-order valence-electron chi connectivity index (χ3n) is 1.95. The lowest BCUT2D eigenvalue weighted by atomic mass is 10.1. The largest absolute Gasteiger partial charge is 0.338 e. The second kappa shape index (κ2) is 5.01. The normalized spacial score (nSPS) is 11.2. The number of aromatic nitrogens is 2. The second-order valence-corrected chi connectivity index (χ2v) is 4.90. The number of carbonyl (C=O) groups is 1. The second-order valence-electron chi connectivity index (χ2n) is 4.90. The van der Waals surface area contributed by atoms with Gasteiger partial charge >= 0.3 is 6.03 Å². The first-order valence-electron chi connectivity index (χ1n) is 5.40. The van der Waals surface area contributed by atoms with Crippen molar-refractivity contribution in [1.82, 2.24) is 20.4 Å². The number of nitrogens with one attached hydrogen (secondary N) is 2. The topological polar surface area (TPSA) is 59.0 Å². The molecule has 1 aromatic heterocycles. The maximum atomic E-state index is 11.4. The quantitative estimate of drug-likeness (QED) is 0.806. The van der Waals surface area contributed by atoms with E-state index in [9.17, 15) is 4.79 Å². The minimum atomic E-state index is -0.196. The summed E-state index contributed by atoms with van der Waals surface area (Å²) in [6, 6.07) is -0.128. The average molecular weight is 224 g/mol. The van der Waals surface area contributed by atoms with Gasteiger partial charge in [-0.25, -0.2) is 4.79 Å². The van der Waals surface area contributed by atoms with E-state index in [1.807, 2.05) is 40.2 Å². The monoisotopic (exact) mass is 224 g/mol. The summed E-state index contributed by atoms with van der Waals surface area (Å²) in [6.07, 6.45) is 4.55. The van der Waals surface area contributed by atoms with Crippen molar-refractivity contribution in [2.24, 2.45) is 7.05 Å². The Kier molecular flexibility index (Phi) is 3.93. The Hall–Kier alpha value is -1.52. The van der Waals surface area contributed by atoms with E-state index in [-0.39, 0.29) is 11.6 Å². The molecule has 2 amide bonds. The molecule has 2 N–H and O–H groups in total. The van der Waals surface area contributed by atoms with Crippen molar-refractivity contribution in [3.8, 4) is 0 Å². The van der Waals surface area contributed by atoms with Crippen molar-refractivity contribution in [2.75, 3.05) is 6.54 Å². The minimum absolute atomic E-state index is 0.128. The number of amides is 2. The van der Waals surface area contributed by atoms with Crippen LogP contribution < -0.4 is 10.6 Å². The highest BCUT2D eigenvalue weighted by Gasteiger charge is 2.12. The Morgan fingerprint density at radius 3 is 2.69 bits per heavy atom. The predicted octanol–water partition coefficient (Wildman–Crippen LogP) is 1.06. The minimum Gasteiger partial charge on any atom is -0.338 e. The highest BCUT2D eigenvalue weighted by atomic mass is 16.2. The molecule has 0 aliphatic heterocycles. The molecule has 5 nitrogen and oxygen atoms in total. The molecule has 0 saturated heterocycles. The maximum Gasteiger partial charge on any atom is 0.315 e. The van der Waals surface area contributed by atoms with Crippen molar-refractivity contribution in [3.05, 3.63) is 18.0 Å². The molecule has 1 rings (SSSR count). The summed E-state index contributed by atoms with van der Waals surface area (Å²) in [4.78, 5) is 11.4. The summed E-state index contributed by atoms with van der Waals surface area (Å²) in [5, 5.41) is 9.71. The molecular formula is C11H20N4O. The summed E-state index contributed by atoms with van der Waals surface area (Å²) >= 11 is 0. The molecule has 0 atom stereocenters. The summed E-state index contributed by atoms with van der Waals surface area (Å²) in [5.74, 6) is 0. The average Bonchev–Trinajstić information content (AvgIpc) is 2.48. The van der Waals surface area contributed by atoms with Crippen molar-refractivity contribution in [1.29, 1.82) is 0 Å². The van der Waals surface area contributed by atoms with Crippen LogP contribution in [0.1, 0.15) is 26.3 Å². The van der Waals surface area contributed by atoms with Crippen LogP contribution in [0.2, 0.25) is 0 Å². The Morgan fingerprint density at radius 2 is 2.19 bits per heavy atom. The summed E-state index contributed by atoms with van der Waals surface area (Å²) in [5.41, 5.74) is 0.928. The Labute approximate surface area is 96.2 Å². The smallest absolute Gasteiger partial charge is 0.315 e. The standard InChI is InChI=1S/C11H20N4O/c1-11(2,3)14-10(16)12-6-5-9-7-13-15(4)8-9/h7-8H,5-6H2,1-4H3,(H2,12,14,16). The van der Waals surface area contributed by atoms with Gasteiger partial charge in [-0.15, -0.1) is 0 Å². The molecule has 0 fully saturated rings. The van der Waals surface area contributed by atoms with Crippen molar-refractivity contribution >= 4 is 6.03 Å². The van der Waals surface area contributed by atoms with Gasteiger partial charge in [0.05, 0.1) is 6.20 Å². The van der Waals surface area contributed by atoms with Gasteiger partial charge in [0.2, 0.25) is 0 Å². The van der Waals surface area contributed by atoms with Crippen LogP contribution in [0.5, 0.6) is 0 Å². The maximum absolute atomic E-state index is 11.4. The van der Waals surface area contributed by atoms with Crippen molar-refractivity contribution < 1.29 is 4.79 Å². The van der Waals surface area contributed by atoms with E-state index < -0.39 is 0 Å². The van der Waals surface area contributed by atoms with E-state index in [2.05, 4.69) is 15.7 Å². The van der Waals surface area contributed by atoms with Crippen LogP contribution in [-0.2, 0) is 13.5 Å². The fourth-order valence-corrected chi connectivity index (χ4v) is 1.31. The molecule has 0 radical (unpaired) electrons. The molecule has 0 aliphatic rings.